The minimum atomic E-state index is 0.968. The third-order valence-corrected chi connectivity index (χ3v) is 3.35. The van der Waals surface area contributed by atoms with Crippen LogP contribution in [0.1, 0.15) is 11.1 Å². The van der Waals surface area contributed by atoms with E-state index >= 15 is 0 Å². The van der Waals surface area contributed by atoms with Crippen molar-refractivity contribution in [3.63, 3.8) is 0 Å². The second kappa shape index (κ2) is 5.57. The fourth-order valence-corrected chi connectivity index (χ4v) is 2.31. The maximum Gasteiger partial charge on any atom is 0.0427 e. The molecule has 3 rings (SSSR count). The number of benzene rings is 2. The average Bonchev–Trinajstić information content (AvgIpc) is 2.50. The molecule has 0 aliphatic carbocycles. The third-order valence-electron chi connectivity index (χ3n) is 3.35. The molecule has 0 spiro atoms. The van der Waals surface area contributed by atoms with Crippen LogP contribution >= 0.6 is 0 Å². The lowest BCUT2D eigenvalue weighted by Gasteiger charge is -2.22. The van der Waals surface area contributed by atoms with Gasteiger partial charge in [-0.05, 0) is 22.8 Å². The number of hydrogen-bond acceptors (Lipinski definition) is 1. The molecule has 0 N–H and O–H groups in total. The summed E-state index contributed by atoms with van der Waals surface area (Å²) in [6.45, 7) is 1.94. The van der Waals surface area contributed by atoms with Crippen LogP contribution in [0, 0.1) is 0 Å². The maximum atomic E-state index is 2.32. The number of allylic oxidation sites excluding steroid dienone is 2. The summed E-state index contributed by atoms with van der Waals surface area (Å²) in [4.78, 5) is 2.32. The van der Waals surface area contributed by atoms with Gasteiger partial charge in [0.15, 0.2) is 0 Å². The fraction of sp³-hybridized carbons (Fsp3) is 0.111. The highest BCUT2D eigenvalue weighted by atomic mass is 15.1. The lowest BCUT2D eigenvalue weighted by molar-refractivity contribution is 0.406. The Morgan fingerprint density at radius 3 is 2.16 bits per heavy atom. The van der Waals surface area contributed by atoms with Crippen molar-refractivity contribution in [2.75, 3.05) is 6.54 Å². The summed E-state index contributed by atoms with van der Waals surface area (Å²) >= 11 is 0. The molecule has 0 saturated carbocycles. The van der Waals surface area contributed by atoms with Crippen molar-refractivity contribution in [2.24, 2.45) is 0 Å². The average molecular weight is 247 g/mol. The SMILES string of the molecule is C1=CN(Cc2ccccc2)CC=C1c1ccccc1. The normalized spacial score (nSPS) is 14.3. The van der Waals surface area contributed by atoms with Crippen molar-refractivity contribution in [2.45, 2.75) is 6.54 Å². The second-order valence-electron chi connectivity index (χ2n) is 4.76. The van der Waals surface area contributed by atoms with E-state index in [-0.39, 0.29) is 0 Å². The Bertz CT molecular complexity index is 582. The van der Waals surface area contributed by atoms with Gasteiger partial charge in [-0.25, -0.2) is 0 Å². The van der Waals surface area contributed by atoms with E-state index in [9.17, 15) is 0 Å². The molecule has 94 valence electrons. The topological polar surface area (TPSA) is 3.24 Å². The van der Waals surface area contributed by atoms with Gasteiger partial charge in [0.2, 0.25) is 0 Å². The Morgan fingerprint density at radius 1 is 0.842 bits per heavy atom. The van der Waals surface area contributed by atoms with Gasteiger partial charge in [0, 0.05) is 19.3 Å². The Hall–Kier alpha value is -2.28. The molecule has 0 unspecified atom stereocenters. The van der Waals surface area contributed by atoms with Crippen molar-refractivity contribution < 1.29 is 0 Å². The predicted molar refractivity (Wildman–Crippen MR) is 80.4 cm³/mol. The van der Waals surface area contributed by atoms with Gasteiger partial charge in [-0.3, -0.25) is 0 Å². The van der Waals surface area contributed by atoms with Crippen LogP contribution in [0.2, 0.25) is 0 Å². The molecule has 1 nitrogen and oxygen atoms in total. The molecule has 19 heavy (non-hydrogen) atoms. The lowest BCUT2D eigenvalue weighted by atomic mass is 10.0. The Labute approximate surface area is 114 Å². The third kappa shape index (κ3) is 2.94. The minimum Gasteiger partial charge on any atom is -0.369 e. The van der Waals surface area contributed by atoms with Crippen molar-refractivity contribution in [3.8, 4) is 0 Å². The van der Waals surface area contributed by atoms with Crippen LogP contribution in [0.15, 0.2) is 79.0 Å². The summed E-state index contributed by atoms with van der Waals surface area (Å²) in [6, 6.07) is 21.1. The summed E-state index contributed by atoms with van der Waals surface area (Å²) < 4.78 is 0. The molecule has 1 aliphatic rings. The summed E-state index contributed by atoms with van der Waals surface area (Å²) in [5.41, 5.74) is 3.95. The highest BCUT2D eigenvalue weighted by molar-refractivity contribution is 5.74. The van der Waals surface area contributed by atoms with Gasteiger partial charge in [-0.2, -0.15) is 0 Å². The predicted octanol–water partition coefficient (Wildman–Crippen LogP) is 4.10. The van der Waals surface area contributed by atoms with Crippen LogP contribution in [-0.2, 0) is 6.54 Å². The molecule has 0 radical (unpaired) electrons. The van der Waals surface area contributed by atoms with E-state index in [1.54, 1.807) is 0 Å². The number of rotatable bonds is 3. The molecule has 0 saturated heterocycles. The van der Waals surface area contributed by atoms with Gasteiger partial charge in [0.1, 0.15) is 0 Å². The maximum absolute atomic E-state index is 2.32. The van der Waals surface area contributed by atoms with E-state index in [0.29, 0.717) is 0 Å². The molecule has 0 bridgehead atoms. The van der Waals surface area contributed by atoms with E-state index in [2.05, 4.69) is 83.9 Å². The van der Waals surface area contributed by atoms with E-state index in [1.807, 2.05) is 0 Å². The number of nitrogens with zero attached hydrogens (tertiary/aromatic N) is 1. The first-order valence-electron chi connectivity index (χ1n) is 6.63. The minimum absolute atomic E-state index is 0.968. The van der Waals surface area contributed by atoms with Gasteiger partial charge in [-0.1, -0.05) is 66.7 Å². The van der Waals surface area contributed by atoms with Crippen LogP contribution in [-0.4, -0.2) is 11.4 Å². The lowest BCUT2D eigenvalue weighted by Crippen LogP contribution is -2.19. The van der Waals surface area contributed by atoms with Crippen molar-refractivity contribution in [1.82, 2.24) is 4.90 Å². The summed E-state index contributed by atoms with van der Waals surface area (Å²) in [5.74, 6) is 0. The van der Waals surface area contributed by atoms with Crippen LogP contribution < -0.4 is 0 Å². The zero-order chi connectivity index (χ0) is 12.9. The van der Waals surface area contributed by atoms with Gasteiger partial charge < -0.3 is 4.90 Å². The molecule has 0 fully saturated rings. The van der Waals surface area contributed by atoms with Crippen LogP contribution in [0.5, 0.6) is 0 Å². The monoisotopic (exact) mass is 247 g/mol. The van der Waals surface area contributed by atoms with Crippen LogP contribution in [0.25, 0.3) is 5.57 Å². The molecule has 2 aromatic rings. The molecule has 0 atom stereocenters. The Kier molecular flexibility index (Phi) is 3.46. The van der Waals surface area contributed by atoms with Gasteiger partial charge >= 0.3 is 0 Å². The van der Waals surface area contributed by atoms with E-state index in [1.165, 1.54) is 16.7 Å². The molecule has 1 heterocycles. The van der Waals surface area contributed by atoms with Crippen molar-refractivity contribution in [1.29, 1.82) is 0 Å². The molecule has 2 aromatic carbocycles. The quantitative estimate of drug-likeness (QED) is 0.789. The molecule has 0 amide bonds. The van der Waals surface area contributed by atoms with E-state index in [4.69, 9.17) is 0 Å². The van der Waals surface area contributed by atoms with Crippen molar-refractivity contribution in [3.05, 3.63) is 90.1 Å². The molecule has 1 heteroatoms. The first-order chi connectivity index (χ1) is 9.42. The largest absolute Gasteiger partial charge is 0.369 e. The summed E-state index contributed by atoms with van der Waals surface area (Å²) in [5, 5.41) is 0. The van der Waals surface area contributed by atoms with Gasteiger partial charge in [0.25, 0.3) is 0 Å². The second-order valence-corrected chi connectivity index (χ2v) is 4.76. The van der Waals surface area contributed by atoms with E-state index in [0.717, 1.165) is 13.1 Å². The molecular formula is C18H17N. The molecule has 0 aromatic heterocycles. The zero-order valence-electron chi connectivity index (χ0n) is 10.9. The molecule has 1 aliphatic heterocycles. The van der Waals surface area contributed by atoms with Crippen LogP contribution in [0.3, 0.4) is 0 Å². The highest BCUT2D eigenvalue weighted by Crippen LogP contribution is 2.20. The van der Waals surface area contributed by atoms with Crippen LogP contribution in [0.4, 0.5) is 0 Å². The Morgan fingerprint density at radius 2 is 1.53 bits per heavy atom. The summed E-state index contributed by atoms with van der Waals surface area (Å²) in [6.07, 6.45) is 6.68. The first kappa shape index (κ1) is 11.8. The standard InChI is InChI=1S/C18H17N/c1-3-7-16(8-4-1)15-19-13-11-18(12-14-19)17-9-5-2-6-10-17/h1-13H,14-15H2. The van der Waals surface area contributed by atoms with E-state index < -0.39 is 0 Å². The Balaban J connectivity index is 1.67. The molecular weight excluding hydrogens is 230 g/mol. The van der Waals surface area contributed by atoms with Gasteiger partial charge in [0.05, 0.1) is 0 Å². The van der Waals surface area contributed by atoms with Crippen molar-refractivity contribution >= 4 is 5.57 Å². The first-order valence-corrected chi connectivity index (χ1v) is 6.63. The number of hydrogen-bond donors (Lipinski definition) is 0. The fourth-order valence-electron chi connectivity index (χ4n) is 2.31. The smallest absolute Gasteiger partial charge is 0.0427 e. The zero-order valence-corrected chi connectivity index (χ0v) is 10.9. The highest BCUT2D eigenvalue weighted by Gasteiger charge is 2.06. The van der Waals surface area contributed by atoms with Gasteiger partial charge in [-0.15, -0.1) is 0 Å². The summed E-state index contributed by atoms with van der Waals surface area (Å²) in [7, 11) is 0.